The fourth-order valence-electron chi connectivity index (χ4n) is 2.18. The van der Waals surface area contributed by atoms with Crippen molar-refractivity contribution in [2.75, 3.05) is 0 Å². The van der Waals surface area contributed by atoms with Crippen LogP contribution in [0.25, 0.3) is 11.5 Å². The summed E-state index contributed by atoms with van der Waals surface area (Å²) < 4.78 is 5.67. The maximum atomic E-state index is 6.13. The molecule has 2 aromatic carbocycles. The standard InChI is InChI=1S/C17H15Cl2N3O/c1-11(12-6-8-13(18)9-7-12)20-10-16-21-22-17(23-16)14-4-2-3-5-15(14)19/h2-9,11,20H,10H2,1H3. The molecular formula is C17H15Cl2N3O. The number of nitrogens with one attached hydrogen (secondary N) is 1. The van der Waals surface area contributed by atoms with Crippen LogP contribution >= 0.6 is 23.2 Å². The quantitative estimate of drug-likeness (QED) is 0.713. The van der Waals surface area contributed by atoms with Gasteiger partial charge < -0.3 is 9.73 Å². The minimum absolute atomic E-state index is 0.142. The normalized spacial score (nSPS) is 12.3. The van der Waals surface area contributed by atoms with Gasteiger partial charge in [0, 0.05) is 11.1 Å². The highest BCUT2D eigenvalue weighted by Gasteiger charge is 2.12. The molecule has 0 amide bonds. The van der Waals surface area contributed by atoms with Gasteiger partial charge in [0.1, 0.15) is 0 Å². The zero-order valence-corrected chi connectivity index (χ0v) is 14.0. The van der Waals surface area contributed by atoms with Crippen LogP contribution in [0.2, 0.25) is 10.0 Å². The van der Waals surface area contributed by atoms with Gasteiger partial charge in [-0.1, -0.05) is 47.5 Å². The van der Waals surface area contributed by atoms with E-state index in [1.54, 1.807) is 6.07 Å². The fourth-order valence-corrected chi connectivity index (χ4v) is 2.52. The molecule has 0 radical (unpaired) electrons. The summed E-state index contributed by atoms with van der Waals surface area (Å²) in [6.45, 7) is 2.54. The fraction of sp³-hybridized carbons (Fsp3) is 0.176. The Morgan fingerprint density at radius 3 is 2.52 bits per heavy atom. The second kappa shape index (κ2) is 7.13. The second-order valence-corrected chi connectivity index (χ2v) is 5.98. The molecule has 0 aliphatic carbocycles. The Hall–Kier alpha value is -1.88. The Labute approximate surface area is 144 Å². The van der Waals surface area contributed by atoms with Crippen LogP contribution in [-0.2, 0) is 6.54 Å². The molecule has 4 nitrogen and oxygen atoms in total. The molecule has 0 saturated heterocycles. The van der Waals surface area contributed by atoms with Crippen LogP contribution < -0.4 is 5.32 Å². The first-order chi connectivity index (χ1) is 11.1. The van der Waals surface area contributed by atoms with Gasteiger partial charge in [0.15, 0.2) is 0 Å². The van der Waals surface area contributed by atoms with Crippen molar-refractivity contribution in [3.05, 3.63) is 70.0 Å². The summed E-state index contributed by atoms with van der Waals surface area (Å²) in [5.74, 6) is 0.937. The van der Waals surface area contributed by atoms with Crippen LogP contribution in [0.15, 0.2) is 52.9 Å². The lowest BCUT2D eigenvalue weighted by molar-refractivity contribution is 0.454. The molecule has 0 aliphatic rings. The van der Waals surface area contributed by atoms with E-state index in [1.807, 2.05) is 42.5 Å². The summed E-state index contributed by atoms with van der Waals surface area (Å²) in [5, 5.41) is 12.8. The van der Waals surface area contributed by atoms with E-state index in [0.717, 1.165) is 16.1 Å². The van der Waals surface area contributed by atoms with Gasteiger partial charge in [-0.25, -0.2) is 0 Å². The number of benzene rings is 2. The van der Waals surface area contributed by atoms with Gasteiger partial charge in [0.25, 0.3) is 0 Å². The summed E-state index contributed by atoms with van der Waals surface area (Å²) in [6, 6.07) is 15.2. The van der Waals surface area contributed by atoms with E-state index in [1.165, 1.54) is 0 Å². The lowest BCUT2D eigenvalue weighted by atomic mass is 10.1. The Bertz CT molecular complexity index is 787. The van der Waals surface area contributed by atoms with Crippen molar-refractivity contribution in [1.29, 1.82) is 0 Å². The Kier molecular flexibility index (Phi) is 4.96. The molecule has 0 fully saturated rings. The SMILES string of the molecule is CC(NCc1nnc(-c2ccccc2Cl)o1)c1ccc(Cl)cc1. The molecule has 1 atom stereocenters. The molecular weight excluding hydrogens is 333 g/mol. The topological polar surface area (TPSA) is 51.0 Å². The summed E-state index contributed by atoms with van der Waals surface area (Å²) >= 11 is 12.0. The molecule has 3 aromatic rings. The monoisotopic (exact) mass is 347 g/mol. The Balaban J connectivity index is 1.65. The zero-order valence-electron chi connectivity index (χ0n) is 12.5. The van der Waals surface area contributed by atoms with Gasteiger partial charge in [0.05, 0.1) is 17.1 Å². The third kappa shape index (κ3) is 3.91. The van der Waals surface area contributed by atoms with Gasteiger partial charge in [-0.05, 0) is 36.8 Å². The summed E-state index contributed by atoms with van der Waals surface area (Å²) in [5.41, 5.74) is 1.87. The van der Waals surface area contributed by atoms with E-state index in [4.69, 9.17) is 27.6 Å². The van der Waals surface area contributed by atoms with Crippen LogP contribution in [-0.4, -0.2) is 10.2 Å². The molecule has 23 heavy (non-hydrogen) atoms. The molecule has 1 aromatic heterocycles. The highest BCUT2D eigenvalue weighted by molar-refractivity contribution is 6.33. The first-order valence-corrected chi connectivity index (χ1v) is 7.95. The van der Waals surface area contributed by atoms with E-state index in [2.05, 4.69) is 22.4 Å². The third-order valence-corrected chi connectivity index (χ3v) is 4.08. The predicted molar refractivity (Wildman–Crippen MR) is 91.5 cm³/mol. The highest BCUT2D eigenvalue weighted by Crippen LogP contribution is 2.26. The Morgan fingerprint density at radius 2 is 1.78 bits per heavy atom. The first kappa shape index (κ1) is 16.0. The lowest BCUT2D eigenvalue weighted by Crippen LogP contribution is -2.18. The van der Waals surface area contributed by atoms with Gasteiger partial charge in [-0.3, -0.25) is 0 Å². The molecule has 0 aliphatic heterocycles. The molecule has 118 valence electrons. The summed E-state index contributed by atoms with van der Waals surface area (Å²) in [7, 11) is 0. The zero-order chi connectivity index (χ0) is 16.2. The van der Waals surface area contributed by atoms with Gasteiger partial charge in [-0.15, -0.1) is 10.2 Å². The summed E-state index contributed by atoms with van der Waals surface area (Å²) in [6.07, 6.45) is 0. The van der Waals surface area contributed by atoms with Crippen LogP contribution in [0.5, 0.6) is 0 Å². The van der Waals surface area contributed by atoms with Gasteiger partial charge >= 0.3 is 0 Å². The minimum Gasteiger partial charge on any atom is -0.419 e. The van der Waals surface area contributed by atoms with Crippen molar-refractivity contribution in [3.8, 4) is 11.5 Å². The van der Waals surface area contributed by atoms with E-state index >= 15 is 0 Å². The molecule has 0 spiro atoms. The van der Waals surface area contributed by atoms with Crippen molar-refractivity contribution in [1.82, 2.24) is 15.5 Å². The maximum absolute atomic E-state index is 6.13. The van der Waals surface area contributed by atoms with Gasteiger partial charge in [0.2, 0.25) is 11.8 Å². The number of aromatic nitrogens is 2. The summed E-state index contributed by atoms with van der Waals surface area (Å²) in [4.78, 5) is 0. The lowest BCUT2D eigenvalue weighted by Gasteiger charge is -2.12. The van der Waals surface area contributed by atoms with E-state index in [0.29, 0.717) is 23.3 Å². The molecule has 1 unspecified atom stereocenters. The predicted octanol–water partition coefficient (Wildman–Crippen LogP) is 4.89. The molecule has 1 heterocycles. The van der Waals surface area contributed by atoms with Crippen molar-refractivity contribution >= 4 is 23.2 Å². The minimum atomic E-state index is 0.142. The molecule has 6 heteroatoms. The average Bonchev–Trinajstić information content (AvgIpc) is 3.02. The first-order valence-electron chi connectivity index (χ1n) is 7.19. The molecule has 1 N–H and O–H groups in total. The third-order valence-electron chi connectivity index (χ3n) is 3.50. The number of hydrogen-bond donors (Lipinski definition) is 1. The molecule has 0 bridgehead atoms. The van der Waals surface area contributed by atoms with Crippen LogP contribution in [0.1, 0.15) is 24.4 Å². The van der Waals surface area contributed by atoms with Gasteiger partial charge in [-0.2, -0.15) is 0 Å². The van der Waals surface area contributed by atoms with Crippen molar-refractivity contribution in [3.63, 3.8) is 0 Å². The van der Waals surface area contributed by atoms with Crippen molar-refractivity contribution in [2.45, 2.75) is 19.5 Å². The van der Waals surface area contributed by atoms with E-state index in [9.17, 15) is 0 Å². The number of hydrogen-bond acceptors (Lipinski definition) is 4. The largest absolute Gasteiger partial charge is 0.419 e. The number of nitrogens with zero attached hydrogens (tertiary/aromatic N) is 2. The molecule has 3 rings (SSSR count). The van der Waals surface area contributed by atoms with Crippen LogP contribution in [0.4, 0.5) is 0 Å². The smallest absolute Gasteiger partial charge is 0.249 e. The van der Waals surface area contributed by atoms with E-state index < -0.39 is 0 Å². The van der Waals surface area contributed by atoms with Crippen LogP contribution in [0, 0.1) is 0 Å². The van der Waals surface area contributed by atoms with Crippen molar-refractivity contribution < 1.29 is 4.42 Å². The number of rotatable bonds is 5. The highest BCUT2D eigenvalue weighted by atomic mass is 35.5. The van der Waals surface area contributed by atoms with E-state index in [-0.39, 0.29) is 6.04 Å². The maximum Gasteiger partial charge on any atom is 0.249 e. The average molecular weight is 348 g/mol. The molecule has 0 saturated carbocycles. The van der Waals surface area contributed by atoms with Crippen molar-refractivity contribution in [2.24, 2.45) is 0 Å². The number of halogens is 2. The Morgan fingerprint density at radius 1 is 1.04 bits per heavy atom. The van der Waals surface area contributed by atoms with Crippen LogP contribution in [0.3, 0.4) is 0 Å². The second-order valence-electron chi connectivity index (χ2n) is 5.13.